The van der Waals surface area contributed by atoms with E-state index >= 15 is 0 Å². The number of imidazole rings is 1. The van der Waals surface area contributed by atoms with Gasteiger partial charge in [-0.25, -0.2) is 9.37 Å². The first kappa shape index (κ1) is 29.7. The zero-order valence-electron chi connectivity index (χ0n) is 20.5. The van der Waals surface area contributed by atoms with Gasteiger partial charge in [0.15, 0.2) is 0 Å². The number of aliphatic hydroxyl groups excluding tert-OH is 2. The van der Waals surface area contributed by atoms with Crippen LogP contribution in [0.5, 0.6) is 0 Å². The number of amides is 1. The van der Waals surface area contributed by atoms with Gasteiger partial charge in [0.2, 0.25) is 0 Å². The number of hydrogen-bond donors (Lipinski definition) is 3. The molecule has 0 spiro atoms. The van der Waals surface area contributed by atoms with Crippen LogP contribution in [-0.2, 0) is 17.8 Å². The minimum Gasteiger partial charge on any atom is -0.550 e. The Hall–Kier alpha value is -2.56. The Bertz CT molecular complexity index is 1140. The van der Waals surface area contributed by atoms with E-state index < -0.39 is 30.4 Å². The maximum atomic E-state index is 13.6. The first-order valence-electron chi connectivity index (χ1n) is 11.6. The maximum Gasteiger partial charge on any atom is 1.00 e. The molecule has 3 N–H and O–H groups in total. The zero-order chi connectivity index (χ0) is 25.4. The number of carboxylic acid groups (broad SMARTS) is 1. The van der Waals surface area contributed by atoms with Crippen LogP contribution in [0, 0.1) is 5.82 Å². The summed E-state index contributed by atoms with van der Waals surface area (Å²) in [6, 6.07) is 14.8. The van der Waals surface area contributed by atoms with Gasteiger partial charge >= 0.3 is 29.6 Å². The molecule has 0 saturated carbocycles. The van der Waals surface area contributed by atoms with Crippen molar-refractivity contribution in [2.75, 3.05) is 5.32 Å². The Morgan fingerprint density at radius 1 is 1.08 bits per heavy atom. The molecule has 3 rings (SSSR count). The molecule has 0 bridgehead atoms. The second kappa shape index (κ2) is 14.2. The van der Waals surface area contributed by atoms with Crippen molar-refractivity contribution in [3.63, 3.8) is 0 Å². The molecular weight excluding hydrogens is 476 g/mol. The van der Waals surface area contributed by atoms with E-state index in [1.165, 1.54) is 12.1 Å². The van der Waals surface area contributed by atoms with E-state index in [-0.39, 0.29) is 60.5 Å². The first-order chi connectivity index (χ1) is 16.8. The first-order valence-corrected chi connectivity index (χ1v) is 11.6. The summed E-state index contributed by atoms with van der Waals surface area (Å²) in [4.78, 5) is 28.5. The fourth-order valence-electron chi connectivity index (χ4n) is 3.92. The van der Waals surface area contributed by atoms with Gasteiger partial charge in [-0.2, -0.15) is 0 Å². The van der Waals surface area contributed by atoms with E-state index in [1.807, 2.05) is 17.6 Å². The fourth-order valence-corrected chi connectivity index (χ4v) is 3.92. The number of carbonyl (C=O) groups is 2. The molecule has 2 aromatic carbocycles. The van der Waals surface area contributed by atoms with E-state index in [0.29, 0.717) is 29.2 Å². The summed E-state index contributed by atoms with van der Waals surface area (Å²) < 4.78 is 15.4. The van der Waals surface area contributed by atoms with Crippen molar-refractivity contribution in [2.45, 2.75) is 57.8 Å². The van der Waals surface area contributed by atoms with Gasteiger partial charge in [-0.15, -0.1) is 0 Å². The molecule has 186 valence electrons. The third-order valence-electron chi connectivity index (χ3n) is 5.54. The maximum absolute atomic E-state index is 13.6. The number of aromatic nitrogens is 2. The number of carbonyl (C=O) groups excluding carboxylic acids is 2. The molecule has 2 atom stereocenters. The van der Waals surface area contributed by atoms with Gasteiger partial charge in [-0.3, -0.25) is 4.79 Å². The van der Waals surface area contributed by atoms with Crippen LogP contribution < -0.4 is 40.0 Å². The van der Waals surface area contributed by atoms with E-state index in [9.17, 15) is 29.3 Å². The Morgan fingerprint density at radius 3 is 2.36 bits per heavy atom. The molecule has 0 radical (unpaired) electrons. The van der Waals surface area contributed by atoms with Crippen LogP contribution in [0.1, 0.15) is 48.8 Å². The summed E-state index contributed by atoms with van der Waals surface area (Å²) in [5, 5.41) is 33.7. The van der Waals surface area contributed by atoms with Crippen LogP contribution in [0.2, 0.25) is 0 Å². The number of halogens is 1. The van der Waals surface area contributed by atoms with Gasteiger partial charge in [0, 0.05) is 30.2 Å². The predicted molar refractivity (Wildman–Crippen MR) is 127 cm³/mol. The normalized spacial score (nSPS) is 12.4. The average molecular weight is 506 g/mol. The zero-order valence-corrected chi connectivity index (χ0v) is 22.5. The Labute approximate surface area is 231 Å². The molecule has 36 heavy (non-hydrogen) atoms. The van der Waals surface area contributed by atoms with Crippen molar-refractivity contribution in [2.24, 2.45) is 0 Å². The van der Waals surface area contributed by atoms with E-state index in [4.69, 9.17) is 0 Å². The molecule has 0 unspecified atom stereocenters. The van der Waals surface area contributed by atoms with Gasteiger partial charge in [0.25, 0.3) is 5.91 Å². The number of hydrogen-bond acceptors (Lipinski definition) is 6. The number of nitrogens with zero attached hydrogens (tertiary/aromatic N) is 2. The van der Waals surface area contributed by atoms with Crippen LogP contribution in [-0.4, -0.2) is 43.8 Å². The third-order valence-corrected chi connectivity index (χ3v) is 5.54. The number of aliphatic hydroxyl groups is 2. The summed E-state index contributed by atoms with van der Waals surface area (Å²) in [5.74, 6) is -1.72. The molecular formula is C26H29FN3NaO5. The number of para-hydroxylation sites is 1. The molecule has 0 saturated heterocycles. The number of aliphatic carboxylic acids is 1. The second-order valence-corrected chi connectivity index (χ2v) is 8.37. The molecule has 10 heteroatoms. The largest absolute Gasteiger partial charge is 1.00 e. The van der Waals surface area contributed by atoms with Gasteiger partial charge in [-0.05, 0) is 55.7 Å². The SMILES string of the molecule is CCCc1c(C(=O)Nc2ccccc2)nc(-c2ccc(F)cc2)n1CC[C@@H](O)C[C@@H](O)CC(=O)[O-].[Na+]. The average Bonchev–Trinajstić information content (AvgIpc) is 3.17. The topological polar surface area (TPSA) is 128 Å². The summed E-state index contributed by atoms with van der Waals surface area (Å²) >= 11 is 0. The van der Waals surface area contributed by atoms with E-state index in [2.05, 4.69) is 10.3 Å². The summed E-state index contributed by atoms with van der Waals surface area (Å²) in [6.45, 7) is 2.23. The molecule has 0 aliphatic rings. The summed E-state index contributed by atoms with van der Waals surface area (Å²) in [6.07, 6.45) is -1.44. The van der Waals surface area contributed by atoms with Crippen molar-refractivity contribution in [3.8, 4) is 11.4 Å². The molecule has 0 fully saturated rings. The number of anilines is 1. The van der Waals surface area contributed by atoms with Gasteiger partial charge < -0.3 is 30.0 Å². The van der Waals surface area contributed by atoms with Gasteiger partial charge in [0.05, 0.1) is 17.9 Å². The van der Waals surface area contributed by atoms with Crippen molar-refractivity contribution >= 4 is 17.6 Å². The van der Waals surface area contributed by atoms with Crippen molar-refractivity contribution in [1.82, 2.24) is 9.55 Å². The van der Waals surface area contributed by atoms with Crippen molar-refractivity contribution < 1.29 is 58.9 Å². The number of carboxylic acids is 1. The summed E-state index contributed by atoms with van der Waals surface area (Å²) in [7, 11) is 0. The monoisotopic (exact) mass is 505 g/mol. The predicted octanol–water partition coefficient (Wildman–Crippen LogP) is -0.460. The molecule has 0 aliphatic carbocycles. The molecule has 0 aliphatic heterocycles. The Kier molecular flexibility index (Phi) is 11.7. The molecule has 8 nitrogen and oxygen atoms in total. The van der Waals surface area contributed by atoms with Crippen molar-refractivity contribution in [3.05, 3.63) is 71.8 Å². The Balaban J connectivity index is 0.00000456. The Morgan fingerprint density at radius 2 is 1.75 bits per heavy atom. The van der Waals surface area contributed by atoms with Crippen LogP contribution in [0.15, 0.2) is 54.6 Å². The molecule has 1 amide bonds. The third kappa shape index (κ3) is 8.25. The fraction of sp³-hybridized carbons (Fsp3) is 0.346. The van der Waals surface area contributed by atoms with Crippen molar-refractivity contribution in [1.29, 1.82) is 0 Å². The van der Waals surface area contributed by atoms with Crippen LogP contribution in [0.4, 0.5) is 10.1 Å². The van der Waals surface area contributed by atoms with E-state index in [0.717, 1.165) is 6.42 Å². The van der Waals surface area contributed by atoms with Gasteiger partial charge in [-0.1, -0.05) is 31.5 Å². The van der Waals surface area contributed by atoms with Crippen LogP contribution >= 0.6 is 0 Å². The molecule has 1 heterocycles. The minimum absolute atomic E-state index is 0. The van der Waals surface area contributed by atoms with Gasteiger partial charge in [0.1, 0.15) is 17.3 Å². The molecule has 1 aromatic heterocycles. The van der Waals surface area contributed by atoms with Crippen LogP contribution in [0.3, 0.4) is 0 Å². The quantitative estimate of drug-likeness (QED) is 0.286. The number of nitrogens with one attached hydrogen (secondary N) is 1. The number of benzene rings is 2. The smallest absolute Gasteiger partial charge is 0.550 e. The minimum atomic E-state index is -1.39. The second-order valence-electron chi connectivity index (χ2n) is 8.37. The standard InChI is InChI=1S/C26H30FN3O5.Na/c1-2-6-22-24(26(35)28-19-7-4-3-5-8-19)29-25(17-9-11-18(27)12-10-17)30(22)14-13-20(31)15-21(32)16-23(33)34;/h3-5,7-12,20-21,31-32H,2,6,13-16H2,1H3,(H,28,35)(H,33,34);/q;+1/p-1/t20-,21-;/m1./s1. The molecule has 3 aromatic rings. The summed E-state index contributed by atoms with van der Waals surface area (Å²) in [5.41, 5.74) is 2.13. The van der Waals surface area contributed by atoms with Crippen LogP contribution in [0.25, 0.3) is 11.4 Å². The number of rotatable bonds is 12. The van der Waals surface area contributed by atoms with E-state index in [1.54, 1.807) is 36.4 Å².